The molecule has 2 nitrogen and oxygen atoms in total. The second-order valence-corrected chi connectivity index (χ2v) is 3.42. The van der Waals surface area contributed by atoms with Crippen LogP contribution in [0.15, 0.2) is 0 Å². The van der Waals surface area contributed by atoms with Gasteiger partial charge in [-0.3, -0.25) is 0 Å². The van der Waals surface area contributed by atoms with Gasteiger partial charge >= 0.3 is 0 Å². The maximum Gasteiger partial charge on any atom is 0.0925 e. The Hall–Kier alpha value is -0.0800. The first-order valence-electron chi connectivity index (χ1n) is 4.39. The first-order chi connectivity index (χ1) is 4.99. The Morgan fingerprint density at radius 1 is 1.27 bits per heavy atom. The average molecular weight is 160 g/mol. The quantitative estimate of drug-likeness (QED) is 0.655. The molecule has 1 unspecified atom stereocenters. The van der Waals surface area contributed by atoms with E-state index in [0.717, 1.165) is 0 Å². The Balaban J connectivity index is 4.32. The number of rotatable bonds is 4. The first-order valence-corrected chi connectivity index (χ1v) is 4.39. The van der Waals surface area contributed by atoms with Crippen molar-refractivity contribution in [3.63, 3.8) is 0 Å². The summed E-state index contributed by atoms with van der Waals surface area (Å²) in [6.07, 6.45) is 0.634. The van der Waals surface area contributed by atoms with Gasteiger partial charge in [0.2, 0.25) is 0 Å². The molecule has 0 saturated heterocycles. The molecule has 0 aliphatic rings. The van der Waals surface area contributed by atoms with Crippen molar-refractivity contribution in [2.45, 2.75) is 52.2 Å². The Labute approximate surface area is 69.2 Å². The van der Waals surface area contributed by atoms with Gasteiger partial charge in [0.1, 0.15) is 0 Å². The molecule has 0 bridgehead atoms. The van der Waals surface area contributed by atoms with Crippen LogP contribution in [0, 0.1) is 5.92 Å². The van der Waals surface area contributed by atoms with E-state index in [-0.39, 0.29) is 5.92 Å². The van der Waals surface area contributed by atoms with E-state index in [4.69, 9.17) is 0 Å². The molecule has 2 N–H and O–H groups in total. The molecule has 0 fully saturated rings. The normalized spacial score (nSPS) is 19.9. The molecule has 0 aliphatic heterocycles. The summed E-state index contributed by atoms with van der Waals surface area (Å²) < 4.78 is 0. The van der Waals surface area contributed by atoms with Gasteiger partial charge in [-0.25, -0.2) is 0 Å². The fourth-order valence-corrected chi connectivity index (χ4v) is 1.38. The molecule has 0 saturated carbocycles. The van der Waals surface area contributed by atoms with Crippen LogP contribution in [0.4, 0.5) is 0 Å². The second kappa shape index (κ2) is 4.07. The van der Waals surface area contributed by atoms with Crippen LogP contribution in [0.2, 0.25) is 0 Å². The van der Waals surface area contributed by atoms with Gasteiger partial charge in [-0.2, -0.15) is 0 Å². The van der Waals surface area contributed by atoms with Gasteiger partial charge in [0.15, 0.2) is 0 Å². The Morgan fingerprint density at radius 2 is 1.73 bits per heavy atom. The summed E-state index contributed by atoms with van der Waals surface area (Å²) in [6.45, 7) is 7.65. The molecule has 0 heterocycles. The molecule has 0 aliphatic carbocycles. The number of aliphatic hydroxyl groups is 2. The van der Waals surface area contributed by atoms with Crippen molar-refractivity contribution in [3.8, 4) is 0 Å². The summed E-state index contributed by atoms with van der Waals surface area (Å²) in [5, 5.41) is 19.4. The number of aliphatic hydroxyl groups excluding tert-OH is 1. The van der Waals surface area contributed by atoms with Crippen molar-refractivity contribution < 1.29 is 10.2 Å². The summed E-state index contributed by atoms with van der Waals surface area (Å²) in [5.74, 6) is 0.113. The molecule has 0 spiro atoms. The summed E-state index contributed by atoms with van der Waals surface area (Å²) in [7, 11) is 0. The van der Waals surface area contributed by atoms with Crippen LogP contribution in [0.3, 0.4) is 0 Å². The van der Waals surface area contributed by atoms with Gasteiger partial charge in [-0.05, 0) is 18.8 Å². The number of hydrogen-bond donors (Lipinski definition) is 2. The highest BCUT2D eigenvalue weighted by atomic mass is 16.3. The molecule has 0 aromatic rings. The zero-order valence-corrected chi connectivity index (χ0v) is 7.96. The Morgan fingerprint density at radius 3 is 1.82 bits per heavy atom. The van der Waals surface area contributed by atoms with Crippen LogP contribution in [-0.4, -0.2) is 21.9 Å². The molecule has 0 amide bonds. The lowest BCUT2D eigenvalue weighted by Gasteiger charge is -2.35. The molecule has 0 rings (SSSR count). The molecule has 2 heteroatoms. The third-order valence-electron chi connectivity index (χ3n) is 2.53. The molecule has 11 heavy (non-hydrogen) atoms. The van der Waals surface area contributed by atoms with Gasteiger partial charge in [-0.15, -0.1) is 0 Å². The zero-order chi connectivity index (χ0) is 9.07. The van der Waals surface area contributed by atoms with Gasteiger partial charge < -0.3 is 10.2 Å². The van der Waals surface area contributed by atoms with Crippen LogP contribution < -0.4 is 0 Å². The van der Waals surface area contributed by atoms with Crippen LogP contribution in [0.25, 0.3) is 0 Å². The fourth-order valence-electron chi connectivity index (χ4n) is 1.38. The van der Waals surface area contributed by atoms with Crippen LogP contribution in [0.5, 0.6) is 0 Å². The fraction of sp³-hybridized carbons (Fsp3) is 1.00. The minimum absolute atomic E-state index is 0.113. The van der Waals surface area contributed by atoms with Crippen LogP contribution in [0.1, 0.15) is 40.5 Å². The van der Waals surface area contributed by atoms with Gasteiger partial charge in [-0.1, -0.05) is 27.7 Å². The molecule has 2 atom stereocenters. The summed E-state index contributed by atoms with van der Waals surface area (Å²) in [4.78, 5) is 0. The van der Waals surface area contributed by atoms with E-state index < -0.39 is 11.7 Å². The smallest absolute Gasteiger partial charge is 0.0925 e. The maximum absolute atomic E-state index is 9.92. The second-order valence-electron chi connectivity index (χ2n) is 3.42. The van der Waals surface area contributed by atoms with E-state index in [1.165, 1.54) is 0 Å². The summed E-state index contributed by atoms with van der Waals surface area (Å²) >= 11 is 0. The van der Waals surface area contributed by atoms with E-state index in [2.05, 4.69) is 0 Å². The van der Waals surface area contributed by atoms with Crippen LogP contribution in [-0.2, 0) is 0 Å². The van der Waals surface area contributed by atoms with E-state index in [1.807, 2.05) is 27.7 Å². The van der Waals surface area contributed by atoms with Gasteiger partial charge in [0.25, 0.3) is 0 Å². The predicted molar refractivity (Wildman–Crippen MR) is 46.4 cm³/mol. The third kappa shape index (κ3) is 2.17. The Bertz CT molecular complexity index is 112. The predicted octanol–water partition coefficient (Wildman–Crippen LogP) is 1.55. The summed E-state index contributed by atoms with van der Waals surface area (Å²) in [6, 6.07) is 0. The third-order valence-corrected chi connectivity index (χ3v) is 2.53. The van der Waals surface area contributed by atoms with E-state index >= 15 is 0 Å². The van der Waals surface area contributed by atoms with Crippen molar-refractivity contribution in [2.24, 2.45) is 5.92 Å². The van der Waals surface area contributed by atoms with Crippen molar-refractivity contribution in [3.05, 3.63) is 0 Å². The van der Waals surface area contributed by atoms with Crippen molar-refractivity contribution in [1.29, 1.82) is 0 Å². The monoisotopic (exact) mass is 160 g/mol. The minimum Gasteiger partial charge on any atom is -0.390 e. The molecule has 0 aromatic carbocycles. The molecule has 0 radical (unpaired) electrons. The topological polar surface area (TPSA) is 40.5 Å². The Kier molecular flexibility index (Phi) is 4.04. The number of hydrogen-bond acceptors (Lipinski definition) is 2. The standard InChI is InChI=1S/C9H20O2/c1-5-8(10)9(11,6-2)7(3)4/h7-8,10-11H,5-6H2,1-4H3/t8?,9-/m1/s1. The molecular formula is C9H20O2. The summed E-state index contributed by atoms with van der Waals surface area (Å²) in [5.41, 5.74) is -0.894. The van der Waals surface area contributed by atoms with Gasteiger partial charge in [0.05, 0.1) is 11.7 Å². The van der Waals surface area contributed by atoms with Crippen LogP contribution >= 0.6 is 0 Å². The van der Waals surface area contributed by atoms with Crippen molar-refractivity contribution in [1.82, 2.24) is 0 Å². The van der Waals surface area contributed by atoms with Gasteiger partial charge in [0, 0.05) is 0 Å². The van der Waals surface area contributed by atoms with Crippen molar-refractivity contribution >= 4 is 0 Å². The van der Waals surface area contributed by atoms with Crippen molar-refractivity contribution in [2.75, 3.05) is 0 Å². The SMILES string of the molecule is CCC(O)[C@@](O)(CC)C(C)C. The highest BCUT2D eigenvalue weighted by molar-refractivity contribution is 4.87. The zero-order valence-electron chi connectivity index (χ0n) is 7.96. The largest absolute Gasteiger partial charge is 0.390 e. The highest BCUT2D eigenvalue weighted by Gasteiger charge is 2.35. The lowest BCUT2D eigenvalue weighted by molar-refractivity contribution is -0.108. The lowest BCUT2D eigenvalue weighted by Crippen LogP contribution is -2.46. The minimum atomic E-state index is -0.894. The highest BCUT2D eigenvalue weighted by Crippen LogP contribution is 2.26. The first kappa shape index (κ1) is 10.9. The molecule has 0 aromatic heterocycles. The van der Waals surface area contributed by atoms with E-state index in [1.54, 1.807) is 0 Å². The average Bonchev–Trinajstić information content (AvgIpc) is 2.01. The molecular weight excluding hydrogens is 140 g/mol. The van der Waals surface area contributed by atoms with E-state index in [0.29, 0.717) is 12.8 Å². The maximum atomic E-state index is 9.92. The molecule has 68 valence electrons. The lowest BCUT2D eigenvalue weighted by atomic mass is 9.82. The van der Waals surface area contributed by atoms with E-state index in [9.17, 15) is 10.2 Å².